The third-order valence-corrected chi connectivity index (χ3v) is 10.1. The SMILES string of the molecule is COc1ccc([C@H](O)[C@@H](C)Oc2ccc(C3OC(c4ccc(O[C@H](C)[C@@H](O)c5ccc(OC)c(OC)c5)c(OC)c4)C(C)C3C)cc2OC)cc1OC. The van der Waals surface area contributed by atoms with Gasteiger partial charge in [-0.05, 0) is 96.5 Å². The molecule has 0 aliphatic carbocycles. The van der Waals surface area contributed by atoms with Crippen LogP contribution in [-0.2, 0) is 4.74 Å². The van der Waals surface area contributed by atoms with Gasteiger partial charge in [0.25, 0.3) is 0 Å². The molecule has 0 saturated carbocycles. The van der Waals surface area contributed by atoms with Crippen LogP contribution in [0.15, 0.2) is 72.8 Å². The van der Waals surface area contributed by atoms with E-state index in [4.69, 9.17) is 42.6 Å². The van der Waals surface area contributed by atoms with Gasteiger partial charge in [-0.1, -0.05) is 38.1 Å². The minimum atomic E-state index is -0.932. The molecule has 1 aliphatic rings. The highest BCUT2D eigenvalue weighted by atomic mass is 16.5. The quantitative estimate of drug-likeness (QED) is 0.117. The first kappa shape index (κ1) is 39.4. The lowest BCUT2D eigenvalue weighted by atomic mass is 9.85. The average molecular weight is 733 g/mol. The van der Waals surface area contributed by atoms with Crippen molar-refractivity contribution in [2.45, 2.75) is 64.3 Å². The minimum Gasteiger partial charge on any atom is -0.493 e. The number of benzene rings is 4. The van der Waals surface area contributed by atoms with Gasteiger partial charge in [0, 0.05) is 0 Å². The van der Waals surface area contributed by atoms with E-state index >= 15 is 0 Å². The van der Waals surface area contributed by atoms with Gasteiger partial charge >= 0.3 is 0 Å². The van der Waals surface area contributed by atoms with Crippen LogP contribution in [0.2, 0.25) is 0 Å². The van der Waals surface area contributed by atoms with Crippen LogP contribution < -0.4 is 37.9 Å². The zero-order valence-electron chi connectivity index (χ0n) is 32.1. The zero-order valence-corrected chi connectivity index (χ0v) is 32.1. The molecule has 4 aromatic rings. The Kier molecular flexibility index (Phi) is 12.9. The summed E-state index contributed by atoms with van der Waals surface area (Å²) in [6.07, 6.45) is -3.49. The lowest BCUT2D eigenvalue weighted by Gasteiger charge is -2.24. The van der Waals surface area contributed by atoms with E-state index in [-0.39, 0.29) is 24.0 Å². The smallest absolute Gasteiger partial charge is 0.161 e. The number of rotatable bonds is 16. The first-order chi connectivity index (χ1) is 25.5. The van der Waals surface area contributed by atoms with Gasteiger partial charge in [0.15, 0.2) is 46.0 Å². The van der Waals surface area contributed by atoms with Gasteiger partial charge in [0.05, 0.1) is 54.9 Å². The molecule has 4 unspecified atom stereocenters. The second kappa shape index (κ2) is 17.3. The van der Waals surface area contributed by atoms with Crippen LogP contribution >= 0.6 is 0 Å². The van der Waals surface area contributed by atoms with Gasteiger partial charge in [-0.25, -0.2) is 0 Å². The monoisotopic (exact) mass is 732 g/mol. The molecule has 1 saturated heterocycles. The summed E-state index contributed by atoms with van der Waals surface area (Å²) in [4.78, 5) is 0. The molecule has 11 heteroatoms. The Morgan fingerprint density at radius 1 is 0.453 bits per heavy atom. The van der Waals surface area contributed by atoms with E-state index in [0.717, 1.165) is 11.1 Å². The second-order valence-electron chi connectivity index (χ2n) is 13.3. The fraction of sp³-hybridized carbons (Fsp3) is 0.429. The van der Waals surface area contributed by atoms with Gasteiger partial charge in [0.1, 0.15) is 24.4 Å². The Morgan fingerprint density at radius 3 is 1.11 bits per heavy atom. The van der Waals surface area contributed by atoms with Crippen LogP contribution in [0.4, 0.5) is 0 Å². The van der Waals surface area contributed by atoms with E-state index in [9.17, 15) is 10.2 Å². The molecule has 286 valence electrons. The van der Waals surface area contributed by atoms with Crippen molar-refractivity contribution >= 4 is 0 Å². The fourth-order valence-corrected chi connectivity index (χ4v) is 6.78. The van der Waals surface area contributed by atoms with Crippen molar-refractivity contribution < 1.29 is 52.8 Å². The summed E-state index contributed by atoms with van der Waals surface area (Å²) in [5.74, 6) is 4.62. The first-order valence-electron chi connectivity index (χ1n) is 17.6. The maximum absolute atomic E-state index is 11.1. The molecule has 53 heavy (non-hydrogen) atoms. The maximum Gasteiger partial charge on any atom is 0.161 e. The predicted molar refractivity (Wildman–Crippen MR) is 200 cm³/mol. The van der Waals surface area contributed by atoms with E-state index in [1.54, 1.807) is 92.9 Å². The van der Waals surface area contributed by atoms with Crippen molar-refractivity contribution in [1.82, 2.24) is 0 Å². The van der Waals surface area contributed by atoms with E-state index in [1.165, 1.54) is 0 Å². The topological polar surface area (TPSA) is 124 Å². The van der Waals surface area contributed by atoms with E-state index in [2.05, 4.69) is 13.8 Å². The Labute approximate surface area is 312 Å². The van der Waals surface area contributed by atoms with Gasteiger partial charge in [0.2, 0.25) is 0 Å². The van der Waals surface area contributed by atoms with Gasteiger partial charge in [-0.15, -0.1) is 0 Å². The lowest BCUT2D eigenvalue weighted by Crippen LogP contribution is -2.22. The minimum absolute atomic E-state index is 0.167. The normalized spacial score (nSPS) is 20.5. The van der Waals surface area contributed by atoms with Crippen molar-refractivity contribution in [2.75, 3.05) is 42.7 Å². The molecule has 1 heterocycles. The molecule has 2 N–H and O–H groups in total. The molecule has 0 aromatic heterocycles. The molecule has 8 atom stereocenters. The number of aliphatic hydroxyl groups is 2. The average Bonchev–Trinajstić information content (AvgIpc) is 3.49. The van der Waals surface area contributed by atoms with Crippen LogP contribution in [0.1, 0.15) is 74.4 Å². The molecule has 0 radical (unpaired) electrons. The third kappa shape index (κ3) is 8.38. The Balaban J connectivity index is 1.29. The molecule has 0 bridgehead atoms. The molecule has 0 spiro atoms. The largest absolute Gasteiger partial charge is 0.493 e. The molecular weight excluding hydrogens is 680 g/mol. The van der Waals surface area contributed by atoms with Crippen molar-refractivity contribution in [1.29, 1.82) is 0 Å². The highest BCUT2D eigenvalue weighted by molar-refractivity contribution is 5.48. The van der Waals surface area contributed by atoms with Crippen molar-refractivity contribution in [3.63, 3.8) is 0 Å². The molecular formula is C42H52O11. The van der Waals surface area contributed by atoms with Crippen LogP contribution in [0.3, 0.4) is 0 Å². The Bertz CT molecular complexity index is 1700. The van der Waals surface area contributed by atoms with Gasteiger partial charge in [-0.3, -0.25) is 0 Å². The number of hydrogen-bond acceptors (Lipinski definition) is 11. The maximum atomic E-state index is 11.1. The van der Waals surface area contributed by atoms with E-state index in [1.807, 2.05) is 36.4 Å². The summed E-state index contributed by atoms with van der Waals surface area (Å²) < 4.78 is 52.2. The van der Waals surface area contributed by atoms with E-state index in [0.29, 0.717) is 57.1 Å². The number of aliphatic hydroxyl groups excluding tert-OH is 2. The number of ether oxygens (including phenoxy) is 9. The molecule has 4 aromatic carbocycles. The summed E-state index contributed by atoms with van der Waals surface area (Å²) in [6, 6.07) is 22.1. The lowest BCUT2D eigenvalue weighted by molar-refractivity contribution is 0.0281. The first-order valence-corrected chi connectivity index (χ1v) is 17.6. The van der Waals surface area contributed by atoms with E-state index < -0.39 is 24.4 Å². The molecule has 1 fully saturated rings. The van der Waals surface area contributed by atoms with Crippen molar-refractivity contribution in [3.8, 4) is 46.0 Å². The summed E-state index contributed by atoms with van der Waals surface area (Å²) in [6.45, 7) is 7.96. The Morgan fingerprint density at radius 2 is 0.774 bits per heavy atom. The molecule has 1 aliphatic heterocycles. The summed E-state index contributed by atoms with van der Waals surface area (Å²) in [5.41, 5.74) is 3.18. The van der Waals surface area contributed by atoms with Crippen molar-refractivity contribution in [2.24, 2.45) is 11.8 Å². The second-order valence-corrected chi connectivity index (χ2v) is 13.3. The van der Waals surface area contributed by atoms with Gasteiger partial charge in [-0.2, -0.15) is 0 Å². The number of hydrogen-bond donors (Lipinski definition) is 2. The van der Waals surface area contributed by atoms with Crippen LogP contribution in [0.25, 0.3) is 0 Å². The molecule has 5 rings (SSSR count). The van der Waals surface area contributed by atoms with Crippen molar-refractivity contribution in [3.05, 3.63) is 95.1 Å². The molecule has 11 nitrogen and oxygen atoms in total. The van der Waals surface area contributed by atoms with Gasteiger partial charge < -0.3 is 52.8 Å². The summed E-state index contributed by atoms with van der Waals surface area (Å²) >= 11 is 0. The zero-order chi connectivity index (χ0) is 38.4. The third-order valence-electron chi connectivity index (χ3n) is 10.1. The van der Waals surface area contributed by atoms with Crippen LogP contribution in [-0.4, -0.2) is 65.1 Å². The molecule has 0 amide bonds. The fourth-order valence-electron chi connectivity index (χ4n) is 6.78. The summed E-state index contributed by atoms with van der Waals surface area (Å²) in [5, 5.41) is 22.2. The highest BCUT2D eigenvalue weighted by Gasteiger charge is 2.41. The predicted octanol–water partition coefficient (Wildman–Crippen LogP) is 7.82. The van der Waals surface area contributed by atoms with Crippen LogP contribution in [0, 0.1) is 11.8 Å². The number of methoxy groups -OCH3 is 6. The standard InChI is InChI=1S/C42H52O11/c1-23-24(2)42(30-14-18-34(38(22-30)50-10)52-26(4)40(44)28-12-16-32(46-6)36(20-28)48-8)53-41(23)29-13-17-33(37(21-29)49-9)51-25(3)39(43)27-11-15-31(45-5)35(19-27)47-7/h11-26,39-44H,1-10H3/t23?,24?,25-,26-,39-,40-,41?,42?/m1/s1. The Hall–Kier alpha value is -4.84. The highest BCUT2D eigenvalue weighted by Crippen LogP contribution is 2.51. The summed E-state index contributed by atoms with van der Waals surface area (Å²) in [7, 11) is 9.43. The van der Waals surface area contributed by atoms with Crippen LogP contribution in [0.5, 0.6) is 46.0 Å².